The van der Waals surface area contributed by atoms with E-state index in [9.17, 15) is 34.2 Å². The van der Waals surface area contributed by atoms with E-state index in [1.807, 2.05) is 0 Å². The highest BCUT2D eigenvalue weighted by Crippen LogP contribution is 2.11. The van der Waals surface area contributed by atoms with Crippen LogP contribution in [-0.4, -0.2) is 89.0 Å². The summed E-state index contributed by atoms with van der Waals surface area (Å²) in [7, 11) is 0. The minimum atomic E-state index is -1.56. The number of aliphatic carboxylic acids is 1. The summed E-state index contributed by atoms with van der Waals surface area (Å²) in [6.07, 6.45) is -0.192. The summed E-state index contributed by atoms with van der Waals surface area (Å²) >= 11 is 0. The van der Waals surface area contributed by atoms with Gasteiger partial charge in [0.2, 0.25) is 23.6 Å². The van der Waals surface area contributed by atoms with E-state index in [0.29, 0.717) is 5.56 Å². The number of carbonyl (C=O) groups is 5. The second-order valence-electron chi connectivity index (χ2n) is 9.57. The van der Waals surface area contributed by atoms with E-state index in [1.165, 1.54) is 12.1 Å². The summed E-state index contributed by atoms with van der Waals surface area (Å²) < 4.78 is 0. The Kier molecular flexibility index (Phi) is 15.3. The topological polar surface area (TPSA) is 343 Å². The number of nitrogens with two attached hydrogens (primary N) is 6. The van der Waals surface area contributed by atoms with E-state index in [1.54, 1.807) is 12.1 Å². The van der Waals surface area contributed by atoms with Crippen molar-refractivity contribution in [2.45, 2.75) is 62.7 Å². The molecule has 0 aliphatic carbocycles. The van der Waals surface area contributed by atoms with Gasteiger partial charge in [-0.3, -0.25) is 29.2 Å². The summed E-state index contributed by atoms with van der Waals surface area (Å²) in [6, 6.07) is 0.753. The Morgan fingerprint density at radius 1 is 0.721 bits per heavy atom. The van der Waals surface area contributed by atoms with Crippen LogP contribution in [0.25, 0.3) is 0 Å². The lowest BCUT2D eigenvalue weighted by atomic mass is 10.0. The number of rotatable bonds is 19. The quantitative estimate of drug-likeness (QED) is 0.0405. The Morgan fingerprint density at radius 2 is 1.19 bits per heavy atom. The number of amides is 4. The van der Waals surface area contributed by atoms with Crippen LogP contribution in [0.15, 0.2) is 34.3 Å². The lowest BCUT2D eigenvalue weighted by Crippen LogP contribution is -2.58. The molecule has 0 aromatic heterocycles. The van der Waals surface area contributed by atoms with Crippen LogP contribution in [-0.2, 0) is 30.4 Å². The van der Waals surface area contributed by atoms with E-state index < -0.39 is 60.2 Å². The molecule has 4 atom stereocenters. The van der Waals surface area contributed by atoms with E-state index in [-0.39, 0.29) is 62.9 Å². The van der Waals surface area contributed by atoms with E-state index in [0.717, 1.165) is 0 Å². The lowest BCUT2D eigenvalue weighted by molar-refractivity contribution is -0.142. The van der Waals surface area contributed by atoms with Crippen molar-refractivity contribution in [1.29, 1.82) is 0 Å². The molecule has 18 nitrogen and oxygen atoms in total. The van der Waals surface area contributed by atoms with Gasteiger partial charge < -0.3 is 60.6 Å². The predicted molar refractivity (Wildman–Crippen MR) is 157 cm³/mol. The number of phenolic OH excluding ortho intramolecular Hbond substituents is 1. The number of benzene rings is 1. The molecule has 17 N–H and O–H groups in total. The van der Waals surface area contributed by atoms with Crippen molar-refractivity contribution in [3.05, 3.63) is 29.8 Å². The number of hydrogen-bond acceptors (Lipinski definition) is 9. The fourth-order valence-electron chi connectivity index (χ4n) is 3.75. The third-order valence-corrected chi connectivity index (χ3v) is 5.91. The van der Waals surface area contributed by atoms with Gasteiger partial charge in [-0.1, -0.05) is 12.1 Å². The van der Waals surface area contributed by atoms with Gasteiger partial charge in [0, 0.05) is 13.1 Å². The van der Waals surface area contributed by atoms with E-state index in [4.69, 9.17) is 34.4 Å². The number of hydrogen-bond donors (Lipinski definition) is 11. The first-order valence-electron chi connectivity index (χ1n) is 13.3. The fraction of sp³-hybridized carbons (Fsp3) is 0.480. The maximum atomic E-state index is 13.2. The zero-order valence-electron chi connectivity index (χ0n) is 23.6. The normalized spacial score (nSPS) is 13.3. The van der Waals surface area contributed by atoms with Crippen molar-refractivity contribution >= 4 is 41.5 Å². The zero-order valence-corrected chi connectivity index (χ0v) is 23.6. The number of carboxylic acid groups (broad SMARTS) is 1. The highest BCUT2D eigenvalue weighted by Gasteiger charge is 2.31. The Morgan fingerprint density at radius 3 is 1.67 bits per heavy atom. The number of phenols is 1. The number of aromatic hydroxyl groups is 1. The molecule has 1 aromatic rings. The van der Waals surface area contributed by atoms with Crippen molar-refractivity contribution in [3.8, 4) is 5.75 Å². The Balaban J connectivity index is 3.03. The lowest BCUT2D eigenvalue weighted by Gasteiger charge is -2.25. The van der Waals surface area contributed by atoms with Crippen molar-refractivity contribution < 1.29 is 34.2 Å². The van der Waals surface area contributed by atoms with Gasteiger partial charge in [0.25, 0.3) is 0 Å². The molecule has 0 bridgehead atoms. The first kappa shape index (κ1) is 35.9. The first-order chi connectivity index (χ1) is 20.2. The number of carboxylic acids is 1. The van der Waals surface area contributed by atoms with Gasteiger partial charge in [-0.25, -0.2) is 4.79 Å². The molecule has 0 fully saturated rings. The Hall–Kier alpha value is -5.13. The third kappa shape index (κ3) is 14.9. The minimum Gasteiger partial charge on any atom is -0.508 e. The second-order valence-corrected chi connectivity index (χ2v) is 9.57. The van der Waals surface area contributed by atoms with Gasteiger partial charge >= 0.3 is 5.97 Å². The van der Waals surface area contributed by atoms with Gasteiger partial charge in [-0.15, -0.1) is 0 Å². The van der Waals surface area contributed by atoms with Crippen molar-refractivity contribution in [2.24, 2.45) is 44.4 Å². The molecule has 1 aromatic carbocycles. The summed E-state index contributed by atoms with van der Waals surface area (Å²) in [6.45, 7) is 0.229. The average Bonchev–Trinajstić information content (AvgIpc) is 2.91. The third-order valence-electron chi connectivity index (χ3n) is 5.91. The number of guanidine groups is 2. The molecule has 18 heteroatoms. The maximum Gasteiger partial charge on any atom is 0.326 e. The average molecular weight is 608 g/mol. The molecule has 4 unspecified atom stereocenters. The molecule has 0 spiro atoms. The zero-order chi connectivity index (χ0) is 32.5. The highest BCUT2D eigenvalue weighted by molar-refractivity contribution is 5.96. The largest absolute Gasteiger partial charge is 0.508 e. The Labute approximate surface area is 247 Å². The summed E-state index contributed by atoms with van der Waals surface area (Å²) in [5.74, 6) is -5.19. The molecule has 43 heavy (non-hydrogen) atoms. The van der Waals surface area contributed by atoms with Crippen LogP contribution in [0, 0.1) is 0 Å². The minimum absolute atomic E-state index is 0.00767. The summed E-state index contributed by atoms with van der Waals surface area (Å²) in [4.78, 5) is 70.0. The monoisotopic (exact) mass is 607 g/mol. The van der Waals surface area contributed by atoms with Gasteiger partial charge in [-0.05, 0) is 49.8 Å². The molecular formula is C25H41N11O7. The van der Waals surface area contributed by atoms with Crippen LogP contribution >= 0.6 is 0 Å². The molecule has 1 rings (SSSR count). The molecule has 238 valence electrons. The van der Waals surface area contributed by atoms with Gasteiger partial charge in [0.1, 0.15) is 23.9 Å². The van der Waals surface area contributed by atoms with Crippen LogP contribution in [0.1, 0.15) is 37.7 Å². The standard InChI is InChI=1S/C25H41N11O7/c26-15(11-13-5-7-14(37)8-6-13)20(39)34-16(3-1-9-32-24(28)29)21(40)36-18(12-19(27)38)22(41)35-17(23(42)43)4-2-10-33-25(30)31/h5-8,15-18,37H,1-4,9-12,26H2,(H2,27,38)(H,34,39)(H,35,41)(H,36,40)(H,42,43)(H4,28,29,32)(H4,30,31,33). The summed E-state index contributed by atoms with van der Waals surface area (Å²) in [5, 5.41) is 26.1. The van der Waals surface area contributed by atoms with Crippen LogP contribution in [0.5, 0.6) is 5.75 Å². The Bertz CT molecular complexity index is 1170. The molecule has 4 amide bonds. The fourth-order valence-corrected chi connectivity index (χ4v) is 3.75. The summed E-state index contributed by atoms with van der Waals surface area (Å²) in [5.41, 5.74) is 33.1. The van der Waals surface area contributed by atoms with Crippen LogP contribution in [0.4, 0.5) is 0 Å². The number of primary amides is 1. The SMILES string of the molecule is NC(=O)CC(NC(=O)C(CCCN=C(N)N)NC(=O)C(N)Cc1ccc(O)cc1)C(=O)NC(CCCN=C(N)N)C(=O)O. The van der Waals surface area contributed by atoms with Gasteiger partial charge in [-0.2, -0.15) is 0 Å². The predicted octanol–water partition coefficient (Wildman–Crippen LogP) is -4.22. The van der Waals surface area contributed by atoms with Crippen molar-refractivity contribution in [1.82, 2.24) is 16.0 Å². The number of aliphatic imine (C=N–C) groups is 2. The number of carbonyl (C=O) groups excluding carboxylic acids is 4. The van der Waals surface area contributed by atoms with Crippen LogP contribution in [0.3, 0.4) is 0 Å². The highest BCUT2D eigenvalue weighted by atomic mass is 16.4. The van der Waals surface area contributed by atoms with E-state index in [2.05, 4.69) is 25.9 Å². The smallest absolute Gasteiger partial charge is 0.326 e. The maximum absolute atomic E-state index is 13.2. The number of nitrogens with one attached hydrogen (secondary N) is 3. The molecule has 0 radical (unpaired) electrons. The van der Waals surface area contributed by atoms with Crippen molar-refractivity contribution in [2.75, 3.05) is 13.1 Å². The molecule has 0 aliphatic rings. The van der Waals surface area contributed by atoms with Crippen molar-refractivity contribution in [3.63, 3.8) is 0 Å². The van der Waals surface area contributed by atoms with Gasteiger partial charge in [0.05, 0.1) is 12.5 Å². The molecule has 0 aliphatic heterocycles. The molecule has 0 saturated heterocycles. The van der Waals surface area contributed by atoms with Gasteiger partial charge in [0.15, 0.2) is 11.9 Å². The molecular weight excluding hydrogens is 566 g/mol. The number of nitrogens with zero attached hydrogens (tertiary/aromatic N) is 2. The van der Waals surface area contributed by atoms with E-state index >= 15 is 0 Å². The molecule has 0 heterocycles. The molecule has 0 saturated carbocycles. The first-order valence-corrected chi connectivity index (χ1v) is 13.3. The second kappa shape index (κ2) is 18.3. The van der Waals surface area contributed by atoms with Crippen LogP contribution < -0.4 is 50.4 Å². The van der Waals surface area contributed by atoms with Crippen LogP contribution in [0.2, 0.25) is 0 Å².